The van der Waals surface area contributed by atoms with Crippen LogP contribution in [0.3, 0.4) is 0 Å². The first-order valence-electron chi connectivity index (χ1n) is 11.4. The smallest absolute Gasteiger partial charge is 0.254 e. The third-order valence-corrected chi connectivity index (χ3v) is 6.38. The first-order chi connectivity index (χ1) is 16.0. The predicted molar refractivity (Wildman–Crippen MR) is 130 cm³/mol. The number of carbonyl (C=O) groups is 1. The lowest BCUT2D eigenvalue weighted by atomic mass is 9.91. The zero-order valence-electron chi connectivity index (χ0n) is 19.8. The molecule has 1 aliphatic rings. The minimum absolute atomic E-state index is 0.0171. The van der Waals surface area contributed by atoms with E-state index >= 15 is 0 Å². The topological polar surface area (TPSA) is 48.0 Å². The summed E-state index contributed by atoms with van der Waals surface area (Å²) < 4.78 is 17.3. The van der Waals surface area contributed by atoms with E-state index in [-0.39, 0.29) is 11.9 Å². The second-order valence-electron chi connectivity index (χ2n) is 8.29. The van der Waals surface area contributed by atoms with E-state index in [1.165, 1.54) is 5.56 Å². The highest BCUT2D eigenvalue weighted by Gasteiger charge is 2.33. The molecule has 0 fully saturated rings. The zero-order valence-corrected chi connectivity index (χ0v) is 19.8. The number of ether oxygens (including phenoxy) is 3. The highest BCUT2D eigenvalue weighted by atomic mass is 16.5. The number of rotatable bonds is 7. The van der Waals surface area contributed by atoms with E-state index in [0.29, 0.717) is 24.7 Å². The van der Waals surface area contributed by atoms with Crippen LogP contribution in [0.25, 0.3) is 0 Å². The fourth-order valence-electron chi connectivity index (χ4n) is 4.42. The van der Waals surface area contributed by atoms with Crippen LogP contribution in [0.2, 0.25) is 0 Å². The molecule has 1 atom stereocenters. The summed E-state index contributed by atoms with van der Waals surface area (Å²) in [6.45, 7) is 5.06. The number of aryl methyl sites for hydroxylation is 2. The summed E-state index contributed by atoms with van der Waals surface area (Å²) in [6, 6.07) is 19.6. The maximum absolute atomic E-state index is 13.6. The molecule has 0 saturated carbocycles. The number of fused-ring (bicyclic) bond motifs is 1. The van der Waals surface area contributed by atoms with Gasteiger partial charge >= 0.3 is 0 Å². The molecule has 1 heterocycles. The Morgan fingerprint density at radius 3 is 2.36 bits per heavy atom. The van der Waals surface area contributed by atoms with E-state index < -0.39 is 0 Å². The van der Waals surface area contributed by atoms with Crippen LogP contribution in [0.1, 0.15) is 45.6 Å². The summed E-state index contributed by atoms with van der Waals surface area (Å²) in [5.41, 5.74) is 5.13. The summed E-state index contributed by atoms with van der Waals surface area (Å²) in [6.07, 6.45) is 1.73. The maximum Gasteiger partial charge on any atom is 0.254 e. The van der Waals surface area contributed by atoms with E-state index in [4.69, 9.17) is 14.2 Å². The van der Waals surface area contributed by atoms with Gasteiger partial charge in [0.1, 0.15) is 12.4 Å². The molecule has 0 radical (unpaired) electrons. The van der Waals surface area contributed by atoms with Gasteiger partial charge in [0, 0.05) is 12.1 Å². The lowest BCUT2D eigenvalue weighted by molar-refractivity contribution is 0.0588. The van der Waals surface area contributed by atoms with Crippen LogP contribution in [-0.4, -0.2) is 38.2 Å². The van der Waals surface area contributed by atoms with Crippen molar-refractivity contribution in [1.29, 1.82) is 0 Å². The van der Waals surface area contributed by atoms with Crippen LogP contribution in [0, 0.1) is 6.92 Å². The Hall–Kier alpha value is -3.47. The molecule has 33 heavy (non-hydrogen) atoms. The second-order valence-corrected chi connectivity index (χ2v) is 8.29. The van der Waals surface area contributed by atoms with Crippen molar-refractivity contribution in [1.82, 2.24) is 4.90 Å². The Kier molecular flexibility index (Phi) is 6.87. The Labute approximate surface area is 195 Å². The van der Waals surface area contributed by atoms with Gasteiger partial charge in [-0.1, -0.05) is 37.3 Å². The van der Waals surface area contributed by atoms with Crippen molar-refractivity contribution in [2.75, 3.05) is 27.4 Å². The van der Waals surface area contributed by atoms with Crippen molar-refractivity contribution in [2.24, 2.45) is 0 Å². The number of hydrogen-bond acceptors (Lipinski definition) is 4. The molecule has 172 valence electrons. The average Bonchev–Trinajstić information content (AvgIpc) is 2.86. The van der Waals surface area contributed by atoms with Crippen LogP contribution < -0.4 is 14.2 Å². The Balaban J connectivity index is 1.70. The summed E-state index contributed by atoms with van der Waals surface area (Å²) >= 11 is 0. The van der Waals surface area contributed by atoms with Gasteiger partial charge in [-0.15, -0.1) is 0 Å². The van der Waals surface area contributed by atoms with Gasteiger partial charge in [-0.2, -0.15) is 0 Å². The summed E-state index contributed by atoms with van der Waals surface area (Å²) in [5.74, 6) is 2.16. The molecule has 0 unspecified atom stereocenters. The lowest BCUT2D eigenvalue weighted by Crippen LogP contribution is -2.42. The molecule has 0 saturated heterocycles. The van der Waals surface area contributed by atoms with Crippen molar-refractivity contribution in [3.63, 3.8) is 0 Å². The molecule has 1 aliphatic heterocycles. The summed E-state index contributed by atoms with van der Waals surface area (Å²) in [7, 11) is 3.27. The van der Waals surface area contributed by atoms with Crippen molar-refractivity contribution in [3.05, 3.63) is 88.5 Å². The normalized spacial score (nSPS) is 15.0. The van der Waals surface area contributed by atoms with Crippen LogP contribution in [-0.2, 0) is 12.8 Å². The SMILES string of the molecule is CCc1ccc(OC[C@H]2c3cc(OC)c(OC)cc3CCN2C(=O)c2ccccc2C)cc1. The van der Waals surface area contributed by atoms with Crippen molar-refractivity contribution in [2.45, 2.75) is 32.7 Å². The lowest BCUT2D eigenvalue weighted by Gasteiger charge is -2.38. The minimum Gasteiger partial charge on any atom is -0.493 e. The monoisotopic (exact) mass is 445 g/mol. The molecular formula is C28H31NO4. The Bertz CT molecular complexity index is 1120. The standard InChI is InChI=1S/C28H31NO4/c1-5-20-10-12-22(13-11-20)33-18-25-24-17-27(32-4)26(31-3)16-21(24)14-15-29(25)28(30)23-9-7-6-8-19(23)2/h6-13,16-17,25H,5,14-15,18H2,1-4H3/t25-/m0/s1. The fourth-order valence-corrected chi connectivity index (χ4v) is 4.42. The first kappa shape index (κ1) is 22.7. The summed E-state index contributed by atoms with van der Waals surface area (Å²) in [5, 5.41) is 0. The maximum atomic E-state index is 13.6. The molecule has 4 rings (SSSR count). The zero-order chi connectivity index (χ0) is 23.4. The van der Waals surface area contributed by atoms with Gasteiger partial charge in [0.2, 0.25) is 0 Å². The predicted octanol–water partition coefficient (Wildman–Crippen LogP) is 5.39. The highest BCUT2D eigenvalue weighted by molar-refractivity contribution is 5.96. The molecule has 0 aromatic heterocycles. The van der Waals surface area contributed by atoms with E-state index in [0.717, 1.165) is 40.8 Å². The largest absolute Gasteiger partial charge is 0.493 e. The molecule has 1 amide bonds. The minimum atomic E-state index is -0.244. The van der Waals surface area contributed by atoms with Gasteiger partial charge < -0.3 is 19.1 Å². The van der Waals surface area contributed by atoms with Crippen molar-refractivity contribution < 1.29 is 19.0 Å². The van der Waals surface area contributed by atoms with Gasteiger partial charge in [-0.25, -0.2) is 0 Å². The van der Waals surface area contributed by atoms with E-state index in [2.05, 4.69) is 19.1 Å². The van der Waals surface area contributed by atoms with Gasteiger partial charge in [0.15, 0.2) is 11.5 Å². The van der Waals surface area contributed by atoms with Crippen molar-refractivity contribution >= 4 is 5.91 Å². The van der Waals surface area contributed by atoms with E-state index in [9.17, 15) is 4.79 Å². The molecule has 5 nitrogen and oxygen atoms in total. The molecule has 0 bridgehead atoms. The molecule has 0 spiro atoms. The molecule has 3 aromatic carbocycles. The number of hydrogen-bond donors (Lipinski definition) is 0. The Morgan fingerprint density at radius 2 is 1.70 bits per heavy atom. The molecule has 0 N–H and O–H groups in total. The molecular weight excluding hydrogens is 414 g/mol. The molecule has 3 aromatic rings. The quantitative estimate of drug-likeness (QED) is 0.489. The van der Waals surface area contributed by atoms with E-state index in [1.54, 1.807) is 14.2 Å². The number of benzene rings is 3. The number of amides is 1. The fraction of sp³-hybridized carbons (Fsp3) is 0.321. The second kappa shape index (κ2) is 9.99. The van der Waals surface area contributed by atoms with Gasteiger partial charge in [-0.05, 0) is 72.4 Å². The van der Waals surface area contributed by atoms with Crippen molar-refractivity contribution in [3.8, 4) is 17.2 Å². The molecule has 0 aliphatic carbocycles. The van der Waals surface area contributed by atoms with Gasteiger partial charge in [0.05, 0.1) is 20.3 Å². The summed E-state index contributed by atoms with van der Waals surface area (Å²) in [4.78, 5) is 15.6. The number of carbonyl (C=O) groups excluding carboxylic acids is 1. The third-order valence-electron chi connectivity index (χ3n) is 6.38. The van der Waals surface area contributed by atoms with Gasteiger partial charge in [0.25, 0.3) is 5.91 Å². The van der Waals surface area contributed by atoms with Crippen LogP contribution in [0.4, 0.5) is 0 Å². The van der Waals surface area contributed by atoms with Gasteiger partial charge in [-0.3, -0.25) is 4.79 Å². The third kappa shape index (κ3) is 4.68. The average molecular weight is 446 g/mol. The van der Waals surface area contributed by atoms with E-state index in [1.807, 2.05) is 60.4 Å². The number of nitrogens with zero attached hydrogens (tertiary/aromatic N) is 1. The number of methoxy groups -OCH3 is 2. The Morgan fingerprint density at radius 1 is 1.00 bits per heavy atom. The van der Waals surface area contributed by atoms with Crippen LogP contribution in [0.5, 0.6) is 17.2 Å². The highest BCUT2D eigenvalue weighted by Crippen LogP contribution is 2.39. The van der Waals surface area contributed by atoms with Crippen LogP contribution >= 0.6 is 0 Å². The van der Waals surface area contributed by atoms with Crippen LogP contribution in [0.15, 0.2) is 60.7 Å². The molecule has 5 heteroatoms. The first-order valence-corrected chi connectivity index (χ1v) is 11.4.